The number of esters is 1. The van der Waals surface area contributed by atoms with Crippen LogP contribution in [0.3, 0.4) is 0 Å². The molecule has 1 atom stereocenters. The molecule has 3 rings (SSSR count). The summed E-state index contributed by atoms with van der Waals surface area (Å²) in [6.07, 6.45) is 20.6. The lowest BCUT2D eigenvalue weighted by Crippen LogP contribution is -2.02. The molecule has 3 heterocycles. The monoisotopic (exact) mass is 408 g/mol. The van der Waals surface area contributed by atoms with Crippen molar-refractivity contribution in [2.75, 3.05) is 6.61 Å². The Morgan fingerprint density at radius 1 is 1.20 bits per heavy atom. The highest BCUT2D eigenvalue weighted by atomic mass is 16.5. The fraction of sp³-hybridized carbons (Fsp3) is 0.320. The van der Waals surface area contributed by atoms with E-state index in [4.69, 9.17) is 18.7 Å². The second-order valence-electron chi connectivity index (χ2n) is 7.62. The zero-order valence-electron chi connectivity index (χ0n) is 17.5. The van der Waals surface area contributed by atoms with E-state index in [1.165, 1.54) is 16.7 Å². The minimum Gasteiger partial charge on any atom is -0.472 e. The van der Waals surface area contributed by atoms with Crippen molar-refractivity contribution in [3.63, 3.8) is 0 Å². The quantitative estimate of drug-likeness (QED) is 0.427. The maximum Gasteiger partial charge on any atom is 0.341 e. The summed E-state index contributed by atoms with van der Waals surface area (Å²) in [5, 5.41) is 9.07. The van der Waals surface area contributed by atoms with Crippen LogP contribution in [0.25, 0.3) is 0 Å². The Kier molecular flexibility index (Phi) is 7.69. The highest BCUT2D eigenvalue weighted by Crippen LogP contribution is 2.20. The number of cyclic esters (lactones) is 1. The van der Waals surface area contributed by atoms with Crippen molar-refractivity contribution >= 4 is 5.97 Å². The lowest BCUT2D eigenvalue weighted by molar-refractivity contribution is -0.133. The van der Waals surface area contributed by atoms with Crippen molar-refractivity contribution in [1.82, 2.24) is 0 Å². The number of ether oxygens (including phenoxy) is 1. The van der Waals surface area contributed by atoms with Gasteiger partial charge in [-0.1, -0.05) is 30.7 Å². The lowest BCUT2D eigenvalue weighted by Gasteiger charge is -2.03. The molecule has 1 aliphatic rings. The number of aliphatic hydroxyl groups excluding tert-OH is 1. The van der Waals surface area contributed by atoms with E-state index in [9.17, 15) is 4.79 Å². The normalized spacial score (nSPS) is 17.0. The minimum absolute atomic E-state index is 0.225. The molecule has 0 aliphatic carbocycles. The number of furan rings is 2. The van der Waals surface area contributed by atoms with Crippen molar-refractivity contribution in [2.24, 2.45) is 5.92 Å². The van der Waals surface area contributed by atoms with Gasteiger partial charge in [0.25, 0.3) is 0 Å². The number of rotatable bonds is 10. The van der Waals surface area contributed by atoms with Crippen LogP contribution in [0, 0.1) is 5.92 Å². The minimum atomic E-state index is -0.462. The third-order valence-corrected chi connectivity index (χ3v) is 4.98. The molecule has 0 spiro atoms. The number of hydrogen-bond acceptors (Lipinski definition) is 5. The standard InChI is InChI=1S/C25H28O5/c1-18(5-3-7-19(2)11-24-13-22(14-26)25(27)30-24)6-4-8-21-16-29-17-23(21)12-20-9-10-28-15-20/h3,5-6,9-11,13,15-17,19,26H,4,7-8,12,14H2,1-2H3. The number of carbonyl (C=O) groups is 1. The maximum atomic E-state index is 11.5. The molecule has 0 bridgehead atoms. The summed E-state index contributed by atoms with van der Waals surface area (Å²) in [5.74, 6) is 0.280. The molecule has 5 heteroatoms. The van der Waals surface area contributed by atoms with Crippen LogP contribution in [0.5, 0.6) is 0 Å². The van der Waals surface area contributed by atoms with Gasteiger partial charge in [0.15, 0.2) is 0 Å². The van der Waals surface area contributed by atoms with Gasteiger partial charge in [-0.05, 0) is 67.0 Å². The zero-order valence-corrected chi connectivity index (χ0v) is 17.5. The molecule has 30 heavy (non-hydrogen) atoms. The number of hydrogen-bond donors (Lipinski definition) is 1. The van der Waals surface area contributed by atoms with Crippen molar-refractivity contribution in [3.05, 3.63) is 95.1 Å². The number of allylic oxidation sites excluding steroid dienone is 6. The van der Waals surface area contributed by atoms with E-state index < -0.39 is 5.97 Å². The molecule has 0 radical (unpaired) electrons. The molecule has 5 nitrogen and oxygen atoms in total. The average Bonchev–Trinajstić information content (AvgIpc) is 3.45. The van der Waals surface area contributed by atoms with Gasteiger partial charge in [-0.2, -0.15) is 0 Å². The first-order valence-electron chi connectivity index (χ1n) is 10.2. The molecule has 0 saturated heterocycles. The summed E-state index contributed by atoms with van der Waals surface area (Å²) >= 11 is 0. The summed E-state index contributed by atoms with van der Waals surface area (Å²) in [4.78, 5) is 11.5. The van der Waals surface area contributed by atoms with E-state index in [1.807, 2.05) is 24.7 Å². The predicted molar refractivity (Wildman–Crippen MR) is 115 cm³/mol. The van der Waals surface area contributed by atoms with Gasteiger partial charge >= 0.3 is 5.97 Å². The Morgan fingerprint density at radius 3 is 2.77 bits per heavy atom. The van der Waals surface area contributed by atoms with Gasteiger partial charge in [0.2, 0.25) is 0 Å². The Hall–Kier alpha value is -3.05. The van der Waals surface area contributed by atoms with E-state index >= 15 is 0 Å². The second-order valence-corrected chi connectivity index (χ2v) is 7.62. The second kappa shape index (κ2) is 10.6. The van der Waals surface area contributed by atoms with Crippen LogP contribution in [-0.4, -0.2) is 17.7 Å². The summed E-state index contributed by atoms with van der Waals surface area (Å²) < 4.78 is 15.6. The molecule has 1 aliphatic heterocycles. The van der Waals surface area contributed by atoms with Crippen molar-refractivity contribution < 1.29 is 23.5 Å². The molecule has 0 aromatic carbocycles. The maximum absolute atomic E-state index is 11.5. The highest BCUT2D eigenvalue weighted by Gasteiger charge is 2.20. The van der Waals surface area contributed by atoms with Crippen molar-refractivity contribution in [2.45, 2.75) is 39.5 Å². The first-order valence-corrected chi connectivity index (χ1v) is 10.2. The third kappa shape index (κ3) is 6.22. The van der Waals surface area contributed by atoms with E-state index in [0.29, 0.717) is 11.3 Å². The number of carbonyl (C=O) groups excluding carboxylic acids is 1. The van der Waals surface area contributed by atoms with Gasteiger partial charge in [0.05, 0.1) is 37.2 Å². The van der Waals surface area contributed by atoms with Gasteiger partial charge in [0, 0.05) is 6.42 Å². The van der Waals surface area contributed by atoms with Gasteiger partial charge < -0.3 is 18.7 Å². The number of aryl methyl sites for hydroxylation is 1. The Labute approximate surface area is 177 Å². The molecule has 2 aromatic rings. The summed E-state index contributed by atoms with van der Waals surface area (Å²) in [5.41, 5.74) is 5.08. The molecule has 0 fully saturated rings. The molecule has 1 N–H and O–H groups in total. The molecule has 2 aromatic heterocycles. The van der Waals surface area contributed by atoms with Crippen LogP contribution in [0.15, 0.2) is 87.2 Å². The first kappa shape index (κ1) is 21.7. The topological polar surface area (TPSA) is 72.8 Å². The SMILES string of the molecule is CC(C=CCC(C)C=C1C=C(CO)C(=O)O1)=CCCc1cocc1Cc1ccoc1. The Morgan fingerprint density at radius 2 is 2.03 bits per heavy atom. The highest BCUT2D eigenvalue weighted by molar-refractivity contribution is 5.92. The fourth-order valence-electron chi connectivity index (χ4n) is 3.30. The van der Waals surface area contributed by atoms with Crippen LogP contribution in [0.2, 0.25) is 0 Å². The van der Waals surface area contributed by atoms with Crippen LogP contribution < -0.4 is 0 Å². The van der Waals surface area contributed by atoms with E-state index in [2.05, 4.69) is 32.1 Å². The van der Waals surface area contributed by atoms with Crippen LogP contribution in [-0.2, 0) is 22.4 Å². The lowest BCUT2D eigenvalue weighted by atomic mass is 10.0. The smallest absolute Gasteiger partial charge is 0.341 e. The van der Waals surface area contributed by atoms with Gasteiger partial charge in [0.1, 0.15) is 5.76 Å². The van der Waals surface area contributed by atoms with Gasteiger partial charge in [-0.3, -0.25) is 0 Å². The Balaban J connectivity index is 1.44. The predicted octanol–water partition coefficient (Wildman–Crippen LogP) is 5.28. The molecular formula is C25H28O5. The summed E-state index contributed by atoms with van der Waals surface area (Å²) in [6.45, 7) is 3.87. The molecule has 0 amide bonds. The molecule has 0 saturated carbocycles. The molecule has 158 valence electrons. The average molecular weight is 408 g/mol. The van der Waals surface area contributed by atoms with Crippen molar-refractivity contribution in [1.29, 1.82) is 0 Å². The number of aliphatic hydroxyl groups is 1. The van der Waals surface area contributed by atoms with Crippen molar-refractivity contribution in [3.8, 4) is 0 Å². The first-order chi connectivity index (χ1) is 14.5. The largest absolute Gasteiger partial charge is 0.472 e. The van der Waals surface area contributed by atoms with E-state index in [0.717, 1.165) is 31.2 Å². The van der Waals surface area contributed by atoms with E-state index in [1.54, 1.807) is 18.6 Å². The fourth-order valence-corrected chi connectivity index (χ4v) is 3.30. The van der Waals surface area contributed by atoms with Crippen LogP contribution in [0.4, 0.5) is 0 Å². The van der Waals surface area contributed by atoms with Gasteiger partial charge in [-0.25, -0.2) is 4.79 Å². The summed E-state index contributed by atoms with van der Waals surface area (Å²) in [6, 6.07) is 1.97. The van der Waals surface area contributed by atoms with Gasteiger partial charge in [-0.15, -0.1) is 0 Å². The third-order valence-electron chi connectivity index (χ3n) is 4.98. The van der Waals surface area contributed by atoms with E-state index in [-0.39, 0.29) is 12.5 Å². The van der Waals surface area contributed by atoms with Crippen LogP contribution >= 0.6 is 0 Å². The molecular weight excluding hydrogens is 380 g/mol. The zero-order chi connectivity index (χ0) is 21.3. The molecule has 1 unspecified atom stereocenters. The summed E-state index contributed by atoms with van der Waals surface area (Å²) in [7, 11) is 0. The Bertz CT molecular complexity index is 954. The van der Waals surface area contributed by atoms with Crippen LogP contribution in [0.1, 0.15) is 43.4 Å².